The highest BCUT2D eigenvalue weighted by atomic mass is 32.2. The van der Waals surface area contributed by atoms with Crippen LogP contribution in [-0.2, 0) is 15.0 Å². The number of nitrogens with two attached hydrogens (primary N) is 1. The van der Waals surface area contributed by atoms with Gasteiger partial charge in [0.2, 0.25) is 5.91 Å². The van der Waals surface area contributed by atoms with Gasteiger partial charge >= 0.3 is 0 Å². The molecule has 1 amide bonds. The van der Waals surface area contributed by atoms with E-state index >= 15 is 0 Å². The lowest BCUT2D eigenvalue weighted by Gasteiger charge is -2.34. The Labute approximate surface area is 139 Å². The van der Waals surface area contributed by atoms with Crippen LogP contribution in [0.5, 0.6) is 0 Å². The van der Waals surface area contributed by atoms with Crippen LogP contribution in [0.3, 0.4) is 0 Å². The predicted molar refractivity (Wildman–Crippen MR) is 90.7 cm³/mol. The molecule has 0 atom stereocenters. The van der Waals surface area contributed by atoms with Crippen LogP contribution in [0.2, 0.25) is 0 Å². The first kappa shape index (κ1) is 18.2. The number of carbonyl (C=O) groups excluding carboxylic acids is 1. The van der Waals surface area contributed by atoms with Crippen molar-refractivity contribution in [2.45, 2.75) is 40.0 Å². The molecule has 1 aliphatic heterocycles. The molecule has 7 heteroatoms. The number of allylic oxidation sites excluding steroid dienone is 3. The Morgan fingerprint density at radius 2 is 1.83 bits per heavy atom. The van der Waals surface area contributed by atoms with Gasteiger partial charge < -0.3 is 4.90 Å². The number of rotatable bonds is 3. The lowest BCUT2D eigenvalue weighted by Crippen LogP contribution is -2.51. The van der Waals surface area contributed by atoms with Crippen LogP contribution in [0.25, 0.3) is 0 Å². The van der Waals surface area contributed by atoms with Crippen LogP contribution in [0.1, 0.15) is 40.0 Å². The Kier molecular flexibility index (Phi) is 5.33. The summed E-state index contributed by atoms with van der Waals surface area (Å²) in [6.45, 7) is 7.82. The van der Waals surface area contributed by atoms with E-state index in [2.05, 4.69) is 20.8 Å². The fraction of sp³-hybridized carbons (Fsp3) is 0.688. The first-order chi connectivity index (χ1) is 10.6. The molecule has 0 radical (unpaired) electrons. The number of hydrogen-bond donors (Lipinski definition) is 1. The van der Waals surface area contributed by atoms with Gasteiger partial charge in [0.05, 0.1) is 0 Å². The van der Waals surface area contributed by atoms with Crippen LogP contribution in [-0.4, -0.2) is 49.7 Å². The van der Waals surface area contributed by atoms with E-state index in [9.17, 15) is 13.2 Å². The summed E-state index contributed by atoms with van der Waals surface area (Å²) in [7, 11) is -3.66. The Bertz CT molecular complexity index is 627. The number of hydrogen-bond acceptors (Lipinski definition) is 3. The quantitative estimate of drug-likeness (QED) is 0.788. The summed E-state index contributed by atoms with van der Waals surface area (Å²) in [5.41, 5.74) is 2.70. The summed E-state index contributed by atoms with van der Waals surface area (Å²) in [4.78, 5) is 14.0. The van der Waals surface area contributed by atoms with E-state index in [1.807, 2.05) is 6.08 Å². The minimum absolute atomic E-state index is 0.0688. The minimum Gasteiger partial charge on any atom is -0.337 e. The van der Waals surface area contributed by atoms with Crippen molar-refractivity contribution in [3.05, 3.63) is 23.3 Å². The van der Waals surface area contributed by atoms with Crippen molar-refractivity contribution >= 4 is 16.1 Å². The van der Waals surface area contributed by atoms with Crippen molar-refractivity contribution in [1.82, 2.24) is 9.21 Å². The smallest absolute Gasteiger partial charge is 0.277 e. The fourth-order valence-electron chi connectivity index (χ4n) is 3.43. The number of piperazine rings is 1. The third-order valence-corrected chi connectivity index (χ3v) is 5.93. The molecule has 2 rings (SSSR count). The number of amides is 1. The fourth-order valence-corrected chi connectivity index (χ4v) is 4.11. The van der Waals surface area contributed by atoms with E-state index in [1.165, 1.54) is 21.9 Å². The zero-order chi connectivity index (χ0) is 17.3. The molecule has 1 aliphatic carbocycles. The molecule has 0 spiro atoms. The molecule has 0 saturated carbocycles. The molecule has 6 nitrogen and oxygen atoms in total. The van der Waals surface area contributed by atoms with Crippen molar-refractivity contribution < 1.29 is 13.2 Å². The van der Waals surface area contributed by atoms with Gasteiger partial charge in [-0.15, -0.1) is 0 Å². The summed E-state index contributed by atoms with van der Waals surface area (Å²) in [6, 6.07) is 0. The molecule has 2 N–H and O–H groups in total. The van der Waals surface area contributed by atoms with E-state index in [-0.39, 0.29) is 24.4 Å². The van der Waals surface area contributed by atoms with Gasteiger partial charge in [0.1, 0.15) is 0 Å². The topological polar surface area (TPSA) is 83.7 Å². The van der Waals surface area contributed by atoms with Crippen molar-refractivity contribution in [2.24, 2.45) is 10.6 Å². The Morgan fingerprint density at radius 1 is 1.22 bits per heavy atom. The van der Waals surface area contributed by atoms with Gasteiger partial charge in [-0.2, -0.15) is 12.7 Å². The van der Waals surface area contributed by atoms with E-state index < -0.39 is 10.2 Å². The maximum absolute atomic E-state index is 12.3. The normalized spacial score (nSPS) is 23.6. The number of nitrogens with zero attached hydrogens (tertiary/aromatic N) is 2. The van der Waals surface area contributed by atoms with Crippen LogP contribution in [0.15, 0.2) is 23.3 Å². The highest BCUT2D eigenvalue weighted by molar-refractivity contribution is 7.86. The molecule has 0 aromatic rings. The first-order valence-electron chi connectivity index (χ1n) is 8.06. The van der Waals surface area contributed by atoms with Crippen molar-refractivity contribution in [3.8, 4) is 0 Å². The van der Waals surface area contributed by atoms with E-state index in [1.54, 1.807) is 11.0 Å². The second kappa shape index (κ2) is 6.75. The summed E-state index contributed by atoms with van der Waals surface area (Å²) < 4.78 is 23.8. The van der Waals surface area contributed by atoms with Crippen molar-refractivity contribution in [3.63, 3.8) is 0 Å². The highest BCUT2D eigenvalue weighted by Crippen LogP contribution is 2.40. The van der Waals surface area contributed by atoms with Gasteiger partial charge in [-0.1, -0.05) is 25.5 Å². The maximum atomic E-state index is 12.3. The van der Waals surface area contributed by atoms with E-state index in [0.717, 1.165) is 12.8 Å². The molecule has 0 aromatic heterocycles. The van der Waals surface area contributed by atoms with Gasteiger partial charge in [-0.25, -0.2) is 5.14 Å². The monoisotopic (exact) mass is 341 g/mol. The lowest BCUT2D eigenvalue weighted by atomic mass is 9.72. The Morgan fingerprint density at radius 3 is 2.35 bits per heavy atom. The predicted octanol–water partition coefficient (Wildman–Crippen LogP) is 1.42. The molecule has 1 heterocycles. The molecule has 1 fully saturated rings. The van der Waals surface area contributed by atoms with Gasteiger partial charge in [0, 0.05) is 32.3 Å². The molecule has 0 aromatic carbocycles. The SMILES string of the molecule is CC1=C(C=CC(=O)N2CCN(S(N)(=O)=O)CC2)C(C)(C)CCC1. The molecule has 2 aliphatic rings. The highest BCUT2D eigenvalue weighted by Gasteiger charge is 2.28. The summed E-state index contributed by atoms with van der Waals surface area (Å²) in [5, 5.41) is 5.11. The van der Waals surface area contributed by atoms with Crippen LogP contribution in [0, 0.1) is 5.41 Å². The van der Waals surface area contributed by atoms with E-state index in [0.29, 0.717) is 13.1 Å². The second-order valence-electron chi connectivity index (χ2n) is 7.03. The lowest BCUT2D eigenvalue weighted by molar-refractivity contribution is -0.127. The molecular weight excluding hydrogens is 314 g/mol. The summed E-state index contributed by atoms with van der Waals surface area (Å²) in [6.07, 6.45) is 6.98. The molecule has 0 unspecified atom stereocenters. The van der Waals surface area contributed by atoms with Crippen LogP contribution >= 0.6 is 0 Å². The Hall–Kier alpha value is -1.18. The van der Waals surface area contributed by atoms with Crippen molar-refractivity contribution in [2.75, 3.05) is 26.2 Å². The molecule has 1 saturated heterocycles. The third-order valence-electron chi connectivity index (χ3n) is 4.85. The Balaban J connectivity index is 2.00. The average Bonchev–Trinajstić information content (AvgIpc) is 2.45. The number of carbonyl (C=O) groups is 1. The van der Waals surface area contributed by atoms with Crippen LogP contribution in [0.4, 0.5) is 0 Å². The van der Waals surface area contributed by atoms with Gasteiger partial charge in [-0.3, -0.25) is 4.79 Å². The molecule has 23 heavy (non-hydrogen) atoms. The molecule has 0 bridgehead atoms. The zero-order valence-electron chi connectivity index (χ0n) is 14.2. The van der Waals surface area contributed by atoms with Crippen molar-refractivity contribution in [1.29, 1.82) is 0 Å². The van der Waals surface area contributed by atoms with Gasteiger partial charge in [-0.05, 0) is 37.2 Å². The van der Waals surface area contributed by atoms with Gasteiger partial charge in [0.25, 0.3) is 10.2 Å². The van der Waals surface area contributed by atoms with Gasteiger partial charge in [0.15, 0.2) is 0 Å². The van der Waals surface area contributed by atoms with Crippen LogP contribution < -0.4 is 5.14 Å². The molecule has 130 valence electrons. The zero-order valence-corrected chi connectivity index (χ0v) is 15.0. The molecular formula is C16H27N3O3S. The first-order valence-corrected chi connectivity index (χ1v) is 9.57. The average molecular weight is 341 g/mol. The minimum atomic E-state index is -3.66. The summed E-state index contributed by atoms with van der Waals surface area (Å²) in [5.74, 6) is -0.0688. The summed E-state index contributed by atoms with van der Waals surface area (Å²) >= 11 is 0. The van der Waals surface area contributed by atoms with E-state index in [4.69, 9.17) is 5.14 Å². The third kappa shape index (κ3) is 4.43. The standard InChI is InChI=1S/C16H27N3O3S/c1-13-5-4-8-16(2,3)14(13)6-7-15(20)18-9-11-19(12-10-18)23(17,21)22/h6-7H,4-5,8-12H2,1-3H3,(H2,17,21,22). The largest absolute Gasteiger partial charge is 0.337 e. The second-order valence-corrected chi connectivity index (χ2v) is 8.58. The maximum Gasteiger partial charge on any atom is 0.277 e.